The lowest BCUT2D eigenvalue weighted by Gasteiger charge is -2.42. The maximum Gasteiger partial charge on any atom is 0.434 e. The highest BCUT2D eigenvalue weighted by atomic mass is 35.5. The van der Waals surface area contributed by atoms with Crippen LogP contribution in [0.25, 0.3) is 5.69 Å². The molecule has 0 bridgehead atoms. The molecule has 2 heterocycles. The van der Waals surface area contributed by atoms with Gasteiger partial charge in [-0.2, -0.15) is 18.3 Å². The number of halogens is 4. The van der Waals surface area contributed by atoms with Gasteiger partial charge in [-0.25, -0.2) is 9.48 Å². The Kier molecular flexibility index (Phi) is 7.23. The minimum absolute atomic E-state index is 0.00687. The van der Waals surface area contributed by atoms with Crippen molar-refractivity contribution in [3.8, 4) is 5.69 Å². The number of hydrogen-bond donors (Lipinski definition) is 0. The number of amides is 2. The lowest BCUT2D eigenvalue weighted by molar-refractivity contribution is -0.143. The lowest BCUT2D eigenvalue weighted by Crippen LogP contribution is -2.53. The molecule has 0 spiro atoms. The van der Waals surface area contributed by atoms with E-state index in [0.717, 1.165) is 17.3 Å². The van der Waals surface area contributed by atoms with Crippen LogP contribution in [-0.2, 0) is 10.9 Å². The van der Waals surface area contributed by atoms with Crippen molar-refractivity contribution in [2.24, 2.45) is 0 Å². The molecule has 0 saturated carbocycles. The van der Waals surface area contributed by atoms with Crippen LogP contribution >= 0.6 is 11.6 Å². The summed E-state index contributed by atoms with van der Waals surface area (Å²) in [5.41, 5.74) is 0.759. The summed E-state index contributed by atoms with van der Waals surface area (Å²) < 4.78 is 48.9. The fourth-order valence-corrected chi connectivity index (χ4v) is 4.55. The topological polar surface area (TPSA) is 67.7 Å². The van der Waals surface area contributed by atoms with Crippen LogP contribution in [0.3, 0.4) is 0 Å². The molecule has 1 atom stereocenters. The number of rotatable bonds is 4. The molecule has 1 aliphatic rings. The monoisotopic (exact) mass is 534 g/mol. The maximum absolute atomic E-state index is 14.3. The van der Waals surface area contributed by atoms with Gasteiger partial charge in [0.15, 0.2) is 5.69 Å². The molecule has 196 valence electrons. The highest BCUT2D eigenvalue weighted by Crippen LogP contribution is 2.41. The van der Waals surface area contributed by atoms with Gasteiger partial charge in [0.2, 0.25) is 0 Å². The Balaban J connectivity index is 1.86. The average molecular weight is 535 g/mol. The van der Waals surface area contributed by atoms with Crippen molar-refractivity contribution in [3.05, 3.63) is 70.0 Å². The first-order valence-corrected chi connectivity index (χ1v) is 12.2. The zero-order valence-corrected chi connectivity index (χ0v) is 21.5. The van der Waals surface area contributed by atoms with Gasteiger partial charge in [0.05, 0.1) is 41.5 Å². The molecule has 0 fully saturated rings. The molecule has 0 aliphatic carbocycles. The number of aromatic nitrogens is 2. The largest absolute Gasteiger partial charge is 0.449 e. The van der Waals surface area contributed by atoms with Crippen LogP contribution in [-0.4, -0.2) is 41.0 Å². The standard InChI is InChI=1S/C26H26ClF3N4O3/c1-5-18-14-32(21-11-15(3)16(4)12-22(21)33(18)25(36)37-6-2)24(35)20-13-31-34(23(20)26(28,29)30)19-9-7-17(27)8-10-19/h7-13,18H,5-6,14H2,1-4H3. The number of carbonyl (C=O) groups is 2. The molecule has 37 heavy (non-hydrogen) atoms. The van der Waals surface area contributed by atoms with E-state index in [-0.39, 0.29) is 18.8 Å². The number of anilines is 2. The molecule has 0 saturated heterocycles. The number of nitrogens with zero attached hydrogens (tertiary/aromatic N) is 4. The van der Waals surface area contributed by atoms with E-state index in [2.05, 4.69) is 5.10 Å². The van der Waals surface area contributed by atoms with E-state index >= 15 is 0 Å². The van der Waals surface area contributed by atoms with E-state index < -0.39 is 35.5 Å². The van der Waals surface area contributed by atoms with Gasteiger partial charge < -0.3 is 9.64 Å². The van der Waals surface area contributed by atoms with Crippen LogP contribution in [0.4, 0.5) is 29.3 Å². The van der Waals surface area contributed by atoms with Crippen LogP contribution in [0.15, 0.2) is 42.6 Å². The number of ether oxygens (including phenoxy) is 1. The molecule has 11 heteroatoms. The average Bonchev–Trinajstić information content (AvgIpc) is 3.30. The van der Waals surface area contributed by atoms with Gasteiger partial charge in [-0.3, -0.25) is 9.69 Å². The van der Waals surface area contributed by atoms with Gasteiger partial charge in [-0.05, 0) is 74.7 Å². The predicted molar refractivity (Wildman–Crippen MR) is 135 cm³/mol. The van der Waals surface area contributed by atoms with Crippen LogP contribution in [0, 0.1) is 13.8 Å². The van der Waals surface area contributed by atoms with Crippen molar-refractivity contribution in [2.75, 3.05) is 23.0 Å². The van der Waals surface area contributed by atoms with Crippen molar-refractivity contribution in [1.29, 1.82) is 0 Å². The fraction of sp³-hybridized carbons (Fsp3) is 0.346. The Morgan fingerprint density at radius 3 is 2.27 bits per heavy atom. The predicted octanol–water partition coefficient (Wildman–Crippen LogP) is 6.56. The van der Waals surface area contributed by atoms with Gasteiger partial charge in [-0.15, -0.1) is 0 Å². The minimum Gasteiger partial charge on any atom is -0.449 e. The number of fused-ring (bicyclic) bond motifs is 1. The zero-order chi connectivity index (χ0) is 27.1. The maximum atomic E-state index is 14.3. The number of benzene rings is 2. The van der Waals surface area contributed by atoms with Crippen LogP contribution in [0.2, 0.25) is 5.02 Å². The molecule has 3 aromatic rings. The second-order valence-electron chi connectivity index (χ2n) is 8.76. The second kappa shape index (κ2) is 10.1. The van der Waals surface area contributed by atoms with Crippen LogP contribution < -0.4 is 9.80 Å². The normalized spacial score (nSPS) is 15.5. The molecule has 1 unspecified atom stereocenters. The minimum atomic E-state index is -4.87. The Bertz CT molecular complexity index is 1340. The Morgan fingerprint density at radius 2 is 1.70 bits per heavy atom. The molecule has 2 amide bonds. The Labute approximate surface area is 217 Å². The fourth-order valence-electron chi connectivity index (χ4n) is 4.43. The van der Waals surface area contributed by atoms with Gasteiger partial charge in [0.25, 0.3) is 5.91 Å². The van der Waals surface area contributed by atoms with E-state index in [1.165, 1.54) is 34.1 Å². The molecular formula is C26H26ClF3N4O3. The molecule has 0 radical (unpaired) electrons. The van der Waals surface area contributed by atoms with Gasteiger partial charge >= 0.3 is 12.3 Å². The number of carbonyl (C=O) groups excluding carboxylic acids is 2. The van der Waals surface area contributed by atoms with E-state index in [9.17, 15) is 22.8 Å². The van der Waals surface area contributed by atoms with Gasteiger partial charge in [-0.1, -0.05) is 18.5 Å². The van der Waals surface area contributed by atoms with Crippen molar-refractivity contribution >= 4 is 35.0 Å². The summed E-state index contributed by atoms with van der Waals surface area (Å²) in [7, 11) is 0. The van der Waals surface area contributed by atoms with E-state index in [0.29, 0.717) is 27.5 Å². The molecule has 4 rings (SSSR count). The summed E-state index contributed by atoms with van der Waals surface area (Å²) in [4.78, 5) is 29.5. The third-order valence-electron chi connectivity index (χ3n) is 6.42. The summed E-state index contributed by atoms with van der Waals surface area (Å²) in [6, 6.07) is 8.64. The SMILES string of the molecule is CCOC(=O)N1c2cc(C)c(C)cc2N(C(=O)c2cnn(-c3ccc(Cl)cc3)c2C(F)(F)F)CC1CC. The highest BCUT2D eigenvalue weighted by Gasteiger charge is 2.44. The van der Waals surface area contributed by atoms with Crippen molar-refractivity contribution in [3.63, 3.8) is 0 Å². The smallest absolute Gasteiger partial charge is 0.434 e. The van der Waals surface area contributed by atoms with E-state index in [1.54, 1.807) is 19.1 Å². The van der Waals surface area contributed by atoms with Crippen molar-refractivity contribution in [2.45, 2.75) is 46.3 Å². The number of aryl methyl sites for hydroxylation is 2. The lowest BCUT2D eigenvalue weighted by atomic mass is 9.99. The summed E-state index contributed by atoms with van der Waals surface area (Å²) in [6.07, 6.45) is -4.06. The van der Waals surface area contributed by atoms with Crippen molar-refractivity contribution in [1.82, 2.24) is 9.78 Å². The molecule has 0 N–H and O–H groups in total. The first-order chi connectivity index (χ1) is 17.5. The molecule has 1 aliphatic heterocycles. The third-order valence-corrected chi connectivity index (χ3v) is 6.67. The van der Waals surface area contributed by atoms with Crippen LogP contribution in [0.1, 0.15) is 47.4 Å². The summed E-state index contributed by atoms with van der Waals surface area (Å²) >= 11 is 5.89. The summed E-state index contributed by atoms with van der Waals surface area (Å²) in [5, 5.41) is 4.27. The summed E-state index contributed by atoms with van der Waals surface area (Å²) in [5.74, 6) is -0.862. The molecule has 2 aromatic carbocycles. The van der Waals surface area contributed by atoms with Gasteiger partial charge in [0.1, 0.15) is 0 Å². The molecule has 1 aromatic heterocycles. The second-order valence-corrected chi connectivity index (χ2v) is 9.20. The molecular weight excluding hydrogens is 509 g/mol. The van der Waals surface area contributed by atoms with Crippen molar-refractivity contribution < 1.29 is 27.5 Å². The Morgan fingerprint density at radius 1 is 1.08 bits per heavy atom. The Hall–Kier alpha value is -3.53. The van der Waals surface area contributed by atoms with E-state index in [4.69, 9.17) is 16.3 Å². The number of hydrogen-bond acceptors (Lipinski definition) is 4. The zero-order valence-electron chi connectivity index (χ0n) is 20.8. The molecule has 7 nitrogen and oxygen atoms in total. The highest BCUT2D eigenvalue weighted by molar-refractivity contribution is 6.30. The first kappa shape index (κ1) is 26.5. The quantitative estimate of drug-likeness (QED) is 0.380. The van der Waals surface area contributed by atoms with Gasteiger partial charge in [0, 0.05) is 11.6 Å². The van der Waals surface area contributed by atoms with Crippen LogP contribution in [0.5, 0.6) is 0 Å². The summed E-state index contributed by atoms with van der Waals surface area (Å²) in [6.45, 7) is 7.37. The first-order valence-electron chi connectivity index (χ1n) is 11.8. The van der Waals surface area contributed by atoms with E-state index in [1.807, 2.05) is 20.8 Å². The number of alkyl halides is 3. The third kappa shape index (κ3) is 4.90.